The standard InChI is InChI=1S/C20H22N2O4/c1-25-17-8-5-7-16(11-17)22-13-15(10-19(22)23)20(24)21-12-14-6-3-4-9-18(14)26-2/h3-9,11,15H,10,12-13H2,1-2H3,(H,21,24)/t15-/m1/s1. The first-order valence-corrected chi connectivity index (χ1v) is 8.46. The van der Waals surface area contributed by atoms with Crippen molar-refractivity contribution in [3.8, 4) is 11.5 Å². The highest BCUT2D eigenvalue weighted by molar-refractivity contribution is 6.00. The molecule has 1 heterocycles. The fourth-order valence-electron chi connectivity index (χ4n) is 3.09. The van der Waals surface area contributed by atoms with Crippen LogP contribution in [0.4, 0.5) is 5.69 Å². The van der Waals surface area contributed by atoms with E-state index in [9.17, 15) is 9.59 Å². The van der Waals surface area contributed by atoms with Gasteiger partial charge in [-0.3, -0.25) is 9.59 Å². The number of nitrogens with zero attached hydrogens (tertiary/aromatic N) is 1. The third-order valence-electron chi connectivity index (χ3n) is 4.51. The number of methoxy groups -OCH3 is 2. The van der Waals surface area contributed by atoms with E-state index in [1.807, 2.05) is 42.5 Å². The molecule has 0 aromatic heterocycles. The van der Waals surface area contributed by atoms with Gasteiger partial charge in [0.05, 0.1) is 20.1 Å². The molecule has 0 unspecified atom stereocenters. The van der Waals surface area contributed by atoms with Crippen LogP contribution in [0.2, 0.25) is 0 Å². The van der Waals surface area contributed by atoms with Crippen LogP contribution in [0.15, 0.2) is 48.5 Å². The molecule has 1 aliphatic heterocycles. The van der Waals surface area contributed by atoms with Gasteiger partial charge in [0.15, 0.2) is 0 Å². The van der Waals surface area contributed by atoms with Crippen LogP contribution in [-0.2, 0) is 16.1 Å². The summed E-state index contributed by atoms with van der Waals surface area (Å²) in [6, 6.07) is 14.8. The van der Waals surface area contributed by atoms with Gasteiger partial charge in [0.1, 0.15) is 11.5 Å². The Morgan fingerprint density at radius 2 is 1.96 bits per heavy atom. The van der Waals surface area contributed by atoms with Crippen molar-refractivity contribution in [2.45, 2.75) is 13.0 Å². The number of hydrogen-bond acceptors (Lipinski definition) is 4. The van der Waals surface area contributed by atoms with Crippen molar-refractivity contribution in [2.75, 3.05) is 25.7 Å². The lowest BCUT2D eigenvalue weighted by atomic mass is 10.1. The molecule has 6 heteroatoms. The second-order valence-corrected chi connectivity index (χ2v) is 6.14. The highest BCUT2D eigenvalue weighted by Gasteiger charge is 2.35. The highest BCUT2D eigenvalue weighted by Crippen LogP contribution is 2.28. The second kappa shape index (κ2) is 7.91. The molecule has 1 fully saturated rings. The maximum absolute atomic E-state index is 12.5. The van der Waals surface area contributed by atoms with Crippen molar-refractivity contribution in [1.82, 2.24) is 5.32 Å². The largest absolute Gasteiger partial charge is 0.497 e. The Morgan fingerprint density at radius 1 is 1.15 bits per heavy atom. The topological polar surface area (TPSA) is 67.9 Å². The molecule has 0 radical (unpaired) electrons. The van der Waals surface area contributed by atoms with E-state index in [-0.39, 0.29) is 24.2 Å². The predicted molar refractivity (Wildman–Crippen MR) is 98.3 cm³/mol. The number of para-hydroxylation sites is 1. The molecular formula is C20H22N2O4. The smallest absolute Gasteiger partial charge is 0.227 e. The monoisotopic (exact) mass is 354 g/mol. The summed E-state index contributed by atoms with van der Waals surface area (Å²) < 4.78 is 10.5. The van der Waals surface area contributed by atoms with Crippen LogP contribution in [0, 0.1) is 5.92 Å². The molecule has 1 saturated heterocycles. The molecule has 1 atom stereocenters. The van der Waals surface area contributed by atoms with Crippen LogP contribution in [0.25, 0.3) is 0 Å². The van der Waals surface area contributed by atoms with Crippen LogP contribution >= 0.6 is 0 Å². The Balaban J connectivity index is 1.63. The zero-order valence-electron chi connectivity index (χ0n) is 14.9. The zero-order valence-corrected chi connectivity index (χ0v) is 14.9. The number of benzene rings is 2. The average Bonchev–Trinajstić information content (AvgIpc) is 3.08. The van der Waals surface area contributed by atoms with Crippen molar-refractivity contribution in [1.29, 1.82) is 0 Å². The fraction of sp³-hybridized carbons (Fsp3) is 0.300. The third kappa shape index (κ3) is 3.79. The molecule has 0 spiro atoms. The number of rotatable bonds is 6. The number of anilines is 1. The van der Waals surface area contributed by atoms with E-state index < -0.39 is 0 Å². The van der Waals surface area contributed by atoms with Gasteiger partial charge in [-0.25, -0.2) is 0 Å². The summed E-state index contributed by atoms with van der Waals surface area (Å²) in [5, 5.41) is 2.91. The lowest BCUT2D eigenvalue weighted by Crippen LogP contribution is -2.32. The first-order chi connectivity index (χ1) is 12.6. The van der Waals surface area contributed by atoms with Gasteiger partial charge in [-0.15, -0.1) is 0 Å². The molecule has 6 nitrogen and oxygen atoms in total. The maximum Gasteiger partial charge on any atom is 0.227 e. The Kier molecular flexibility index (Phi) is 5.41. The van der Waals surface area contributed by atoms with E-state index in [0.717, 1.165) is 17.0 Å². The van der Waals surface area contributed by atoms with E-state index in [1.165, 1.54) is 0 Å². The summed E-state index contributed by atoms with van der Waals surface area (Å²) in [7, 11) is 3.18. The van der Waals surface area contributed by atoms with Crippen molar-refractivity contribution < 1.29 is 19.1 Å². The quantitative estimate of drug-likeness (QED) is 0.865. The number of hydrogen-bond donors (Lipinski definition) is 1. The molecule has 2 aromatic carbocycles. The molecule has 0 aliphatic carbocycles. The van der Waals surface area contributed by atoms with Crippen molar-refractivity contribution in [2.24, 2.45) is 5.92 Å². The summed E-state index contributed by atoms with van der Waals surface area (Å²) in [4.78, 5) is 26.5. The number of amides is 2. The van der Waals surface area contributed by atoms with Gasteiger partial charge in [-0.2, -0.15) is 0 Å². The van der Waals surface area contributed by atoms with Gasteiger partial charge in [0, 0.05) is 36.8 Å². The van der Waals surface area contributed by atoms with Gasteiger partial charge in [0.25, 0.3) is 0 Å². The first-order valence-electron chi connectivity index (χ1n) is 8.46. The minimum atomic E-state index is -0.372. The Labute approximate surface area is 152 Å². The maximum atomic E-state index is 12.5. The van der Waals surface area contributed by atoms with Crippen LogP contribution in [0.1, 0.15) is 12.0 Å². The minimum Gasteiger partial charge on any atom is -0.497 e. The first kappa shape index (κ1) is 17.8. The van der Waals surface area contributed by atoms with Crippen LogP contribution in [0.5, 0.6) is 11.5 Å². The van der Waals surface area contributed by atoms with Gasteiger partial charge < -0.3 is 19.7 Å². The lowest BCUT2D eigenvalue weighted by Gasteiger charge is -2.17. The number of nitrogens with one attached hydrogen (secondary N) is 1. The molecule has 0 saturated carbocycles. The Bertz CT molecular complexity index is 806. The fourth-order valence-corrected chi connectivity index (χ4v) is 3.09. The Hall–Kier alpha value is -3.02. The van der Waals surface area contributed by atoms with E-state index >= 15 is 0 Å². The summed E-state index contributed by atoms with van der Waals surface area (Å²) >= 11 is 0. The van der Waals surface area contributed by atoms with Crippen LogP contribution < -0.4 is 19.7 Å². The molecule has 1 aliphatic rings. The molecule has 0 bridgehead atoms. The number of carbonyl (C=O) groups is 2. The average molecular weight is 354 g/mol. The number of carbonyl (C=O) groups excluding carboxylic acids is 2. The number of ether oxygens (including phenoxy) is 2. The van der Waals surface area contributed by atoms with Gasteiger partial charge in [-0.1, -0.05) is 24.3 Å². The summed E-state index contributed by atoms with van der Waals surface area (Å²) in [5.41, 5.74) is 1.65. The van der Waals surface area contributed by atoms with E-state index in [0.29, 0.717) is 18.8 Å². The van der Waals surface area contributed by atoms with Crippen LogP contribution in [0.3, 0.4) is 0 Å². The Morgan fingerprint density at radius 3 is 2.73 bits per heavy atom. The molecule has 26 heavy (non-hydrogen) atoms. The van der Waals surface area contributed by atoms with Gasteiger partial charge in [0.2, 0.25) is 11.8 Å². The van der Waals surface area contributed by atoms with E-state index in [1.54, 1.807) is 25.2 Å². The summed E-state index contributed by atoms with van der Waals surface area (Å²) in [6.45, 7) is 0.733. The summed E-state index contributed by atoms with van der Waals surface area (Å²) in [5.74, 6) is 0.849. The molecule has 136 valence electrons. The van der Waals surface area contributed by atoms with E-state index in [2.05, 4.69) is 5.32 Å². The second-order valence-electron chi connectivity index (χ2n) is 6.14. The van der Waals surface area contributed by atoms with Crippen LogP contribution in [-0.4, -0.2) is 32.6 Å². The molecule has 2 aromatic rings. The SMILES string of the molecule is COc1cccc(N2C[C@H](C(=O)NCc3ccccc3OC)CC2=O)c1. The van der Waals surface area contributed by atoms with Crippen molar-refractivity contribution in [3.05, 3.63) is 54.1 Å². The van der Waals surface area contributed by atoms with Gasteiger partial charge >= 0.3 is 0 Å². The molecular weight excluding hydrogens is 332 g/mol. The van der Waals surface area contributed by atoms with Crippen molar-refractivity contribution >= 4 is 17.5 Å². The lowest BCUT2D eigenvalue weighted by molar-refractivity contribution is -0.126. The molecule has 1 N–H and O–H groups in total. The highest BCUT2D eigenvalue weighted by atomic mass is 16.5. The zero-order chi connectivity index (χ0) is 18.5. The molecule has 2 amide bonds. The predicted octanol–water partition coefficient (Wildman–Crippen LogP) is 2.37. The normalized spacial score (nSPS) is 16.5. The van der Waals surface area contributed by atoms with Gasteiger partial charge in [-0.05, 0) is 18.2 Å². The minimum absolute atomic E-state index is 0.0595. The summed E-state index contributed by atoms with van der Waals surface area (Å²) in [6.07, 6.45) is 0.203. The third-order valence-corrected chi connectivity index (χ3v) is 4.51. The van der Waals surface area contributed by atoms with Crippen molar-refractivity contribution in [3.63, 3.8) is 0 Å². The molecule has 3 rings (SSSR count). The van der Waals surface area contributed by atoms with E-state index in [4.69, 9.17) is 9.47 Å².